The fourth-order valence-electron chi connectivity index (χ4n) is 1.31. The van der Waals surface area contributed by atoms with Gasteiger partial charge in [-0.15, -0.1) is 0 Å². The number of amides is 1. The number of carbonyl (C=O) groups excluding carboxylic acids is 1. The Balaban J connectivity index is 2.47. The van der Waals surface area contributed by atoms with Crippen LogP contribution in [0, 0.1) is 0 Å². The summed E-state index contributed by atoms with van der Waals surface area (Å²) in [5.41, 5.74) is 2.67. The van der Waals surface area contributed by atoms with Gasteiger partial charge in [-0.25, -0.2) is 24.0 Å². The minimum absolute atomic E-state index is 0.0328. The number of pyridine rings is 1. The standard InChI is InChI=1S/C10H17N5O3S/c1-2-14-19(17,18)6-5-12-10(16)8-3-4-9(15-11)13-7-8/h3-4,7,14H,2,5-6,11H2,1H3,(H,12,16)(H,13,15). The van der Waals surface area contributed by atoms with Crippen molar-refractivity contribution in [3.63, 3.8) is 0 Å². The third-order valence-electron chi connectivity index (χ3n) is 2.19. The Hall–Kier alpha value is -1.71. The molecule has 9 heteroatoms. The van der Waals surface area contributed by atoms with E-state index in [4.69, 9.17) is 5.84 Å². The minimum Gasteiger partial charge on any atom is -0.351 e. The normalized spacial score (nSPS) is 11.1. The van der Waals surface area contributed by atoms with Gasteiger partial charge in [-0.3, -0.25) is 4.79 Å². The van der Waals surface area contributed by atoms with E-state index in [2.05, 4.69) is 20.4 Å². The number of rotatable bonds is 7. The lowest BCUT2D eigenvalue weighted by atomic mass is 10.2. The van der Waals surface area contributed by atoms with Crippen molar-refractivity contribution in [1.29, 1.82) is 0 Å². The van der Waals surface area contributed by atoms with Crippen molar-refractivity contribution in [2.24, 2.45) is 5.84 Å². The van der Waals surface area contributed by atoms with Crippen LogP contribution in [-0.2, 0) is 10.0 Å². The zero-order valence-corrected chi connectivity index (χ0v) is 11.3. The summed E-state index contributed by atoms with van der Waals surface area (Å²) in [7, 11) is -3.33. The molecule has 0 aliphatic rings. The van der Waals surface area contributed by atoms with Crippen molar-refractivity contribution >= 4 is 21.7 Å². The van der Waals surface area contributed by atoms with Crippen molar-refractivity contribution in [1.82, 2.24) is 15.0 Å². The SMILES string of the molecule is CCNS(=O)(=O)CCNC(=O)c1ccc(NN)nc1. The number of sulfonamides is 1. The summed E-state index contributed by atoms with van der Waals surface area (Å²) in [4.78, 5) is 15.5. The molecule has 1 amide bonds. The number of nitrogens with two attached hydrogens (primary N) is 1. The van der Waals surface area contributed by atoms with Crippen LogP contribution < -0.4 is 21.3 Å². The van der Waals surface area contributed by atoms with E-state index in [1.165, 1.54) is 12.3 Å². The summed E-state index contributed by atoms with van der Waals surface area (Å²) >= 11 is 0. The van der Waals surface area contributed by atoms with Crippen molar-refractivity contribution in [3.8, 4) is 0 Å². The lowest BCUT2D eigenvalue weighted by Gasteiger charge is -2.07. The maximum absolute atomic E-state index is 11.7. The van der Waals surface area contributed by atoms with Gasteiger partial charge in [0.2, 0.25) is 10.0 Å². The second-order valence-electron chi connectivity index (χ2n) is 3.65. The lowest BCUT2D eigenvalue weighted by Crippen LogP contribution is -2.34. The Morgan fingerprint density at radius 2 is 2.16 bits per heavy atom. The summed E-state index contributed by atoms with van der Waals surface area (Å²) in [5.74, 6) is 5.03. The predicted molar refractivity (Wildman–Crippen MR) is 71.8 cm³/mol. The summed E-state index contributed by atoms with van der Waals surface area (Å²) in [5, 5.41) is 2.50. The van der Waals surface area contributed by atoms with E-state index in [1.807, 2.05) is 0 Å². The van der Waals surface area contributed by atoms with Gasteiger partial charge in [0.25, 0.3) is 5.91 Å². The van der Waals surface area contributed by atoms with Crippen LogP contribution in [0.1, 0.15) is 17.3 Å². The van der Waals surface area contributed by atoms with E-state index in [-0.39, 0.29) is 18.2 Å². The molecule has 1 rings (SSSR count). The molecule has 0 saturated carbocycles. The average molecular weight is 287 g/mol. The number of anilines is 1. The topological polar surface area (TPSA) is 126 Å². The van der Waals surface area contributed by atoms with Crippen LogP contribution in [-0.4, -0.2) is 38.2 Å². The van der Waals surface area contributed by atoms with Gasteiger partial charge in [0.1, 0.15) is 5.82 Å². The molecule has 0 unspecified atom stereocenters. The van der Waals surface area contributed by atoms with Gasteiger partial charge in [-0.1, -0.05) is 6.92 Å². The summed E-state index contributed by atoms with van der Waals surface area (Å²) in [6, 6.07) is 3.08. The highest BCUT2D eigenvalue weighted by Gasteiger charge is 2.10. The number of nitrogens with zero attached hydrogens (tertiary/aromatic N) is 1. The maximum Gasteiger partial charge on any atom is 0.252 e. The zero-order chi connectivity index (χ0) is 14.3. The van der Waals surface area contributed by atoms with Crippen molar-refractivity contribution < 1.29 is 13.2 Å². The fourth-order valence-corrected chi connectivity index (χ4v) is 2.26. The second-order valence-corrected chi connectivity index (χ2v) is 5.58. The Bertz CT molecular complexity index is 514. The molecule has 8 nitrogen and oxygen atoms in total. The van der Waals surface area contributed by atoms with E-state index in [9.17, 15) is 13.2 Å². The van der Waals surface area contributed by atoms with E-state index in [1.54, 1.807) is 13.0 Å². The van der Waals surface area contributed by atoms with E-state index in [0.29, 0.717) is 17.9 Å². The number of carbonyl (C=O) groups is 1. The monoisotopic (exact) mass is 287 g/mol. The third kappa shape index (κ3) is 5.20. The van der Waals surface area contributed by atoms with Crippen molar-refractivity contribution in [2.75, 3.05) is 24.3 Å². The highest BCUT2D eigenvalue weighted by molar-refractivity contribution is 7.89. The Kier molecular flexibility index (Phi) is 5.67. The predicted octanol–water partition coefficient (Wildman–Crippen LogP) is -0.964. The molecule has 0 atom stereocenters. The first-order chi connectivity index (χ1) is 8.98. The van der Waals surface area contributed by atoms with Crippen molar-refractivity contribution in [3.05, 3.63) is 23.9 Å². The molecule has 1 heterocycles. The van der Waals surface area contributed by atoms with Gasteiger partial charge in [-0.2, -0.15) is 0 Å². The van der Waals surface area contributed by atoms with Crippen LogP contribution in [0.3, 0.4) is 0 Å². The van der Waals surface area contributed by atoms with Crippen molar-refractivity contribution in [2.45, 2.75) is 6.92 Å². The Labute approximate surface area is 111 Å². The number of aromatic nitrogens is 1. The number of hydrogen-bond acceptors (Lipinski definition) is 6. The summed E-state index contributed by atoms with van der Waals surface area (Å²) < 4.78 is 25.0. The molecule has 19 heavy (non-hydrogen) atoms. The van der Waals surface area contributed by atoms with Gasteiger partial charge >= 0.3 is 0 Å². The number of hydrogen-bond donors (Lipinski definition) is 4. The fraction of sp³-hybridized carbons (Fsp3) is 0.400. The number of hydrazine groups is 1. The minimum atomic E-state index is -3.33. The Morgan fingerprint density at radius 3 is 2.68 bits per heavy atom. The van der Waals surface area contributed by atoms with E-state index < -0.39 is 10.0 Å². The van der Waals surface area contributed by atoms with E-state index in [0.717, 1.165) is 0 Å². The van der Waals surface area contributed by atoms with E-state index >= 15 is 0 Å². The molecule has 0 spiro atoms. The van der Waals surface area contributed by atoms with Gasteiger partial charge in [0.15, 0.2) is 0 Å². The van der Waals surface area contributed by atoms with Crippen LogP contribution in [0.25, 0.3) is 0 Å². The summed E-state index contributed by atoms with van der Waals surface area (Å²) in [6.45, 7) is 2.05. The molecular formula is C10H17N5O3S. The maximum atomic E-state index is 11.7. The molecule has 0 aromatic carbocycles. The molecule has 0 saturated heterocycles. The lowest BCUT2D eigenvalue weighted by molar-refractivity contribution is 0.0956. The molecule has 0 aliphatic carbocycles. The first kappa shape index (κ1) is 15.3. The number of nitrogen functional groups attached to an aromatic ring is 1. The first-order valence-corrected chi connectivity index (χ1v) is 7.32. The molecule has 0 fully saturated rings. The molecule has 1 aromatic heterocycles. The van der Waals surface area contributed by atoms with Crippen LogP contribution in [0.5, 0.6) is 0 Å². The highest BCUT2D eigenvalue weighted by atomic mass is 32.2. The zero-order valence-electron chi connectivity index (χ0n) is 10.5. The third-order valence-corrected chi connectivity index (χ3v) is 3.66. The van der Waals surface area contributed by atoms with Gasteiger partial charge in [-0.05, 0) is 12.1 Å². The van der Waals surface area contributed by atoms with Crippen LogP contribution in [0.15, 0.2) is 18.3 Å². The summed E-state index contributed by atoms with van der Waals surface area (Å²) in [6.07, 6.45) is 1.35. The first-order valence-electron chi connectivity index (χ1n) is 5.66. The molecule has 0 radical (unpaired) electrons. The van der Waals surface area contributed by atoms with Crippen LogP contribution in [0.4, 0.5) is 5.82 Å². The largest absolute Gasteiger partial charge is 0.351 e. The molecule has 1 aromatic rings. The quantitative estimate of drug-likeness (QED) is 0.378. The average Bonchev–Trinajstić information content (AvgIpc) is 2.38. The van der Waals surface area contributed by atoms with Crippen LogP contribution in [0.2, 0.25) is 0 Å². The Morgan fingerprint density at radius 1 is 1.42 bits per heavy atom. The molecular weight excluding hydrogens is 270 g/mol. The molecule has 0 aliphatic heterocycles. The number of nitrogens with one attached hydrogen (secondary N) is 3. The molecule has 5 N–H and O–H groups in total. The van der Waals surface area contributed by atoms with Crippen LogP contribution >= 0.6 is 0 Å². The van der Waals surface area contributed by atoms with Gasteiger partial charge in [0.05, 0.1) is 11.3 Å². The molecule has 106 valence electrons. The molecule has 0 bridgehead atoms. The second kappa shape index (κ2) is 7.02. The smallest absolute Gasteiger partial charge is 0.252 e. The van der Waals surface area contributed by atoms with Gasteiger partial charge in [0, 0.05) is 19.3 Å². The highest BCUT2D eigenvalue weighted by Crippen LogP contribution is 2.03. The van der Waals surface area contributed by atoms with Gasteiger partial charge < -0.3 is 10.7 Å².